The second-order valence-electron chi connectivity index (χ2n) is 3.66. The molecule has 0 saturated carbocycles. The van der Waals surface area contributed by atoms with Crippen molar-refractivity contribution in [3.8, 4) is 0 Å². The minimum atomic E-state index is -3.59. The number of nitrogens with one attached hydrogen (secondary N) is 1. The fourth-order valence-electron chi connectivity index (χ4n) is 1.27. The molecule has 0 radical (unpaired) electrons. The van der Waals surface area contributed by atoms with Crippen LogP contribution in [0.3, 0.4) is 0 Å². The number of carboxylic acid groups (broad SMARTS) is 1. The van der Waals surface area contributed by atoms with Gasteiger partial charge in [0, 0.05) is 20.0 Å². The van der Waals surface area contributed by atoms with Crippen LogP contribution >= 0.6 is 0 Å². The molecule has 0 unspecified atom stereocenters. The largest absolute Gasteiger partial charge is 0.481 e. The molecule has 0 saturated heterocycles. The second kappa shape index (κ2) is 5.28. The van der Waals surface area contributed by atoms with Crippen LogP contribution < -0.4 is 0 Å². The van der Waals surface area contributed by atoms with Crippen molar-refractivity contribution in [1.29, 1.82) is 0 Å². The first kappa shape index (κ1) is 13.7. The number of imidazole rings is 1. The highest BCUT2D eigenvalue weighted by Crippen LogP contribution is 2.12. The Morgan fingerprint density at radius 2 is 2.24 bits per heavy atom. The van der Waals surface area contributed by atoms with Crippen LogP contribution in [0.1, 0.15) is 18.7 Å². The quantitative estimate of drug-likeness (QED) is 0.761. The lowest BCUT2D eigenvalue weighted by Gasteiger charge is -2.14. The first-order valence-electron chi connectivity index (χ1n) is 5.04. The number of carboxylic acids is 1. The Morgan fingerprint density at radius 3 is 2.71 bits per heavy atom. The molecule has 0 spiro atoms. The highest BCUT2D eigenvalue weighted by molar-refractivity contribution is 7.89. The minimum absolute atomic E-state index is 0.0211. The number of hydrogen-bond donors (Lipinski definition) is 2. The van der Waals surface area contributed by atoms with Crippen molar-refractivity contribution >= 4 is 16.0 Å². The summed E-state index contributed by atoms with van der Waals surface area (Å²) in [4.78, 5) is 16.8. The van der Waals surface area contributed by atoms with Crippen LogP contribution in [0.5, 0.6) is 0 Å². The lowest BCUT2D eigenvalue weighted by atomic mass is 10.3. The molecule has 0 aliphatic carbocycles. The average Bonchev–Trinajstić information content (AvgIpc) is 2.64. The number of aliphatic carboxylic acids is 1. The Hall–Kier alpha value is -1.41. The van der Waals surface area contributed by atoms with Crippen molar-refractivity contribution in [2.75, 3.05) is 13.6 Å². The van der Waals surface area contributed by atoms with E-state index in [4.69, 9.17) is 5.11 Å². The number of sulfonamides is 1. The van der Waals surface area contributed by atoms with Crippen LogP contribution in [0.15, 0.2) is 11.2 Å². The van der Waals surface area contributed by atoms with E-state index in [1.807, 2.05) is 0 Å². The van der Waals surface area contributed by atoms with Gasteiger partial charge in [-0.15, -0.1) is 0 Å². The molecule has 0 aliphatic heterocycles. The number of nitrogens with zero attached hydrogens (tertiary/aromatic N) is 2. The van der Waals surface area contributed by atoms with E-state index in [2.05, 4.69) is 9.97 Å². The Balaban J connectivity index is 2.67. The van der Waals surface area contributed by atoms with E-state index in [9.17, 15) is 13.2 Å². The van der Waals surface area contributed by atoms with Crippen LogP contribution in [-0.2, 0) is 14.8 Å². The number of carbonyl (C=O) groups is 1. The van der Waals surface area contributed by atoms with Gasteiger partial charge in [-0.2, -0.15) is 4.31 Å². The summed E-state index contributed by atoms with van der Waals surface area (Å²) in [7, 11) is -2.18. The third-order valence-corrected chi connectivity index (χ3v) is 4.00. The molecule has 1 rings (SSSR count). The summed E-state index contributed by atoms with van der Waals surface area (Å²) in [5.74, 6) is -0.421. The van der Waals surface area contributed by atoms with Crippen molar-refractivity contribution in [1.82, 2.24) is 14.3 Å². The maximum atomic E-state index is 11.9. The zero-order valence-electron chi connectivity index (χ0n) is 9.67. The maximum Gasteiger partial charge on any atom is 0.303 e. The van der Waals surface area contributed by atoms with Gasteiger partial charge in [0.05, 0.1) is 6.20 Å². The van der Waals surface area contributed by atoms with Crippen molar-refractivity contribution in [3.63, 3.8) is 0 Å². The third-order valence-electron chi connectivity index (χ3n) is 2.23. The van der Waals surface area contributed by atoms with Crippen LogP contribution in [0.4, 0.5) is 0 Å². The lowest BCUT2D eigenvalue weighted by Crippen LogP contribution is -2.28. The molecule has 1 aromatic rings. The van der Waals surface area contributed by atoms with Crippen molar-refractivity contribution < 1.29 is 18.3 Å². The number of rotatable bonds is 6. The van der Waals surface area contributed by atoms with Crippen LogP contribution in [0, 0.1) is 6.92 Å². The van der Waals surface area contributed by atoms with E-state index in [0.717, 1.165) is 4.31 Å². The average molecular weight is 261 g/mol. The highest BCUT2D eigenvalue weighted by atomic mass is 32.2. The molecule has 2 N–H and O–H groups in total. The molecular formula is C9H15N3O4S. The second-order valence-corrected chi connectivity index (χ2v) is 5.67. The van der Waals surface area contributed by atoms with Gasteiger partial charge in [0.15, 0.2) is 5.03 Å². The van der Waals surface area contributed by atoms with E-state index >= 15 is 0 Å². The number of aryl methyl sites for hydroxylation is 1. The van der Waals surface area contributed by atoms with E-state index in [1.54, 1.807) is 6.92 Å². The van der Waals surface area contributed by atoms with E-state index in [0.29, 0.717) is 5.82 Å². The fourth-order valence-corrected chi connectivity index (χ4v) is 2.44. The van der Waals surface area contributed by atoms with Crippen molar-refractivity contribution in [3.05, 3.63) is 12.0 Å². The molecule has 0 amide bonds. The van der Waals surface area contributed by atoms with Gasteiger partial charge in [-0.1, -0.05) is 0 Å². The normalized spacial score (nSPS) is 11.9. The number of aromatic nitrogens is 2. The maximum absolute atomic E-state index is 11.9. The first-order chi connectivity index (χ1) is 7.84. The molecule has 7 nitrogen and oxygen atoms in total. The molecule has 0 bridgehead atoms. The van der Waals surface area contributed by atoms with Crippen LogP contribution in [0.2, 0.25) is 0 Å². The molecule has 1 heterocycles. The lowest BCUT2D eigenvalue weighted by molar-refractivity contribution is -0.137. The summed E-state index contributed by atoms with van der Waals surface area (Å²) in [6, 6.07) is 0. The topological polar surface area (TPSA) is 103 Å². The fraction of sp³-hybridized carbons (Fsp3) is 0.556. The molecule has 0 fully saturated rings. The molecule has 0 aliphatic rings. The summed E-state index contributed by atoms with van der Waals surface area (Å²) >= 11 is 0. The number of aromatic amines is 1. The third kappa shape index (κ3) is 3.53. The van der Waals surface area contributed by atoms with Gasteiger partial charge in [0.25, 0.3) is 10.0 Å². The zero-order valence-corrected chi connectivity index (χ0v) is 10.5. The molecule has 96 valence electrons. The predicted molar refractivity (Wildman–Crippen MR) is 60.0 cm³/mol. The Bertz CT molecular complexity index is 494. The molecular weight excluding hydrogens is 246 g/mol. The zero-order chi connectivity index (χ0) is 13.1. The van der Waals surface area contributed by atoms with Crippen molar-refractivity contribution in [2.24, 2.45) is 0 Å². The first-order valence-corrected chi connectivity index (χ1v) is 6.48. The number of H-pyrrole nitrogens is 1. The van der Waals surface area contributed by atoms with Gasteiger partial charge >= 0.3 is 5.97 Å². The molecule has 0 atom stereocenters. The SMILES string of the molecule is Cc1ncc(S(=O)(=O)N(C)CCCC(=O)O)[nH]1. The molecule has 1 aromatic heterocycles. The van der Waals surface area contributed by atoms with E-state index in [-0.39, 0.29) is 24.4 Å². The van der Waals surface area contributed by atoms with Crippen molar-refractivity contribution in [2.45, 2.75) is 24.8 Å². The molecule has 17 heavy (non-hydrogen) atoms. The van der Waals surface area contributed by atoms with Gasteiger partial charge in [-0.25, -0.2) is 13.4 Å². The summed E-state index contributed by atoms with van der Waals surface area (Å²) in [5.41, 5.74) is 0. The Labute approximate surface area is 99.5 Å². The predicted octanol–water partition coefficient (Wildman–Crippen LogP) is 0.203. The van der Waals surface area contributed by atoms with Gasteiger partial charge < -0.3 is 10.1 Å². The Morgan fingerprint density at radius 1 is 1.59 bits per heavy atom. The van der Waals surface area contributed by atoms with Gasteiger partial charge in [0.2, 0.25) is 0 Å². The van der Waals surface area contributed by atoms with E-state index in [1.165, 1.54) is 13.2 Å². The van der Waals surface area contributed by atoms with Crippen LogP contribution in [0.25, 0.3) is 0 Å². The monoisotopic (exact) mass is 261 g/mol. The smallest absolute Gasteiger partial charge is 0.303 e. The molecule has 0 aromatic carbocycles. The van der Waals surface area contributed by atoms with Gasteiger partial charge in [-0.3, -0.25) is 4.79 Å². The summed E-state index contributed by atoms with van der Waals surface area (Å²) in [5, 5.41) is 8.49. The molecule has 8 heteroatoms. The summed E-state index contributed by atoms with van der Waals surface area (Å²) in [6.07, 6.45) is 1.47. The van der Waals surface area contributed by atoms with Gasteiger partial charge in [-0.05, 0) is 13.3 Å². The van der Waals surface area contributed by atoms with Gasteiger partial charge in [0.1, 0.15) is 5.82 Å². The van der Waals surface area contributed by atoms with Crippen LogP contribution in [-0.4, -0.2) is 47.4 Å². The number of hydrogen-bond acceptors (Lipinski definition) is 4. The van der Waals surface area contributed by atoms with E-state index < -0.39 is 16.0 Å². The highest BCUT2D eigenvalue weighted by Gasteiger charge is 2.22. The standard InChI is InChI=1S/C9H15N3O4S/c1-7-10-6-8(11-7)17(15,16)12(2)5-3-4-9(13)14/h6H,3-5H2,1-2H3,(H,10,11)(H,13,14). The summed E-state index contributed by atoms with van der Waals surface area (Å²) in [6.45, 7) is 1.82. The Kier molecular flexibility index (Phi) is 4.24. The minimum Gasteiger partial charge on any atom is -0.481 e. The summed E-state index contributed by atoms with van der Waals surface area (Å²) < 4.78 is 25.0.